The van der Waals surface area contributed by atoms with Crippen LogP contribution in [0, 0.1) is 11.3 Å². The number of aromatic nitrogens is 1. The predicted octanol–water partition coefficient (Wildman–Crippen LogP) is 3.39. The van der Waals surface area contributed by atoms with Crippen molar-refractivity contribution in [1.29, 1.82) is 5.26 Å². The average Bonchev–Trinajstić information content (AvgIpc) is 2.54. The summed E-state index contributed by atoms with van der Waals surface area (Å²) in [7, 11) is 4.34. The van der Waals surface area contributed by atoms with Crippen molar-refractivity contribution in [3.63, 3.8) is 0 Å². The summed E-state index contributed by atoms with van der Waals surface area (Å²) in [6, 6.07) is 11.5. The topological polar surface area (TPSA) is 52.0 Å². The molecule has 0 unspecified atom stereocenters. The molecule has 1 aromatic carbocycles. The predicted molar refractivity (Wildman–Crippen MR) is 89.8 cm³/mol. The van der Waals surface area contributed by atoms with Crippen LogP contribution < -0.4 is 5.32 Å². The van der Waals surface area contributed by atoms with Crippen LogP contribution in [0.5, 0.6) is 0 Å². The third-order valence-electron chi connectivity index (χ3n) is 4.61. The van der Waals surface area contributed by atoms with E-state index in [-0.39, 0.29) is 0 Å². The molecule has 1 heterocycles. The minimum absolute atomic E-state index is 0.542. The maximum atomic E-state index is 8.99. The minimum atomic E-state index is 0.542. The summed E-state index contributed by atoms with van der Waals surface area (Å²) in [6.07, 6.45) is 6.53. The van der Waals surface area contributed by atoms with Gasteiger partial charge in [0.15, 0.2) is 0 Å². The Labute approximate surface area is 131 Å². The van der Waals surface area contributed by atoms with Crippen molar-refractivity contribution in [2.75, 3.05) is 19.4 Å². The number of hydrogen-bond acceptors (Lipinski definition) is 4. The first kappa shape index (κ1) is 14.8. The van der Waals surface area contributed by atoms with E-state index < -0.39 is 0 Å². The van der Waals surface area contributed by atoms with Gasteiger partial charge in [0, 0.05) is 29.4 Å². The molecule has 4 nitrogen and oxygen atoms in total. The molecule has 1 N–H and O–H groups in total. The van der Waals surface area contributed by atoms with Gasteiger partial charge in [0.1, 0.15) is 6.07 Å². The summed E-state index contributed by atoms with van der Waals surface area (Å²) in [5.41, 5.74) is 2.66. The molecule has 22 heavy (non-hydrogen) atoms. The van der Waals surface area contributed by atoms with Gasteiger partial charge in [-0.05, 0) is 64.0 Å². The molecule has 2 aromatic rings. The first-order chi connectivity index (χ1) is 10.7. The van der Waals surface area contributed by atoms with Crippen molar-refractivity contribution in [2.45, 2.75) is 37.8 Å². The molecule has 1 fully saturated rings. The highest BCUT2D eigenvalue weighted by Gasteiger charge is 2.22. The Kier molecular flexibility index (Phi) is 4.26. The van der Waals surface area contributed by atoms with E-state index in [9.17, 15) is 0 Å². The smallest absolute Gasteiger partial charge is 0.101 e. The fourth-order valence-corrected chi connectivity index (χ4v) is 3.25. The SMILES string of the molecule is CN(C)C1CCC(Nc2ccc3ncc(C#N)cc3c2)CC1. The van der Waals surface area contributed by atoms with Crippen molar-refractivity contribution >= 4 is 16.6 Å². The summed E-state index contributed by atoms with van der Waals surface area (Å²) in [6.45, 7) is 0. The number of anilines is 1. The molecule has 114 valence electrons. The van der Waals surface area contributed by atoms with Crippen molar-refractivity contribution in [2.24, 2.45) is 0 Å². The van der Waals surface area contributed by atoms with Gasteiger partial charge in [-0.1, -0.05) is 0 Å². The van der Waals surface area contributed by atoms with Crippen molar-refractivity contribution in [3.8, 4) is 6.07 Å². The Hall–Kier alpha value is -2.12. The van der Waals surface area contributed by atoms with Gasteiger partial charge in [0.05, 0.1) is 11.1 Å². The molecule has 1 saturated carbocycles. The standard InChI is InChI=1S/C18H22N4/c1-22(2)17-6-3-15(4-7-17)21-16-5-8-18-14(10-16)9-13(11-19)12-20-18/h5,8-10,12,15,17,21H,3-4,6-7H2,1-2H3. The van der Waals surface area contributed by atoms with E-state index in [1.54, 1.807) is 6.20 Å². The van der Waals surface area contributed by atoms with Crippen LogP contribution in [0.25, 0.3) is 10.9 Å². The Morgan fingerprint density at radius 2 is 1.95 bits per heavy atom. The van der Waals surface area contributed by atoms with E-state index in [4.69, 9.17) is 5.26 Å². The van der Waals surface area contributed by atoms with E-state index >= 15 is 0 Å². The minimum Gasteiger partial charge on any atom is -0.382 e. The number of nitrogens with one attached hydrogen (secondary N) is 1. The molecule has 0 spiro atoms. The molecule has 1 aromatic heterocycles. The molecular formula is C18H22N4. The van der Waals surface area contributed by atoms with Gasteiger partial charge in [-0.3, -0.25) is 4.98 Å². The summed E-state index contributed by atoms with van der Waals surface area (Å²) in [5.74, 6) is 0. The first-order valence-corrected chi connectivity index (χ1v) is 7.88. The molecule has 0 radical (unpaired) electrons. The highest BCUT2D eigenvalue weighted by molar-refractivity contribution is 5.83. The molecule has 0 saturated heterocycles. The van der Waals surface area contributed by atoms with Gasteiger partial charge in [0.2, 0.25) is 0 Å². The molecule has 0 aliphatic heterocycles. The van der Waals surface area contributed by atoms with Gasteiger partial charge < -0.3 is 10.2 Å². The molecule has 0 amide bonds. The molecule has 4 heteroatoms. The Morgan fingerprint density at radius 3 is 2.64 bits per heavy atom. The highest BCUT2D eigenvalue weighted by Crippen LogP contribution is 2.26. The summed E-state index contributed by atoms with van der Waals surface area (Å²) < 4.78 is 0. The number of rotatable bonds is 3. The molecule has 0 bridgehead atoms. The number of nitriles is 1. The number of fused-ring (bicyclic) bond motifs is 1. The molecule has 0 atom stereocenters. The lowest BCUT2D eigenvalue weighted by molar-refractivity contribution is 0.221. The number of nitrogens with zero attached hydrogens (tertiary/aromatic N) is 3. The maximum absolute atomic E-state index is 8.99. The van der Waals surface area contributed by atoms with Crippen LogP contribution in [0.4, 0.5) is 5.69 Å². The lowest BCUT2D eigenvalue weighted by Crippen LogP contribution is -2.36. The van der Waals surface area contributed by atoms with Crippen LogP contribution >= 0.6 is 0 Å². The van der Waals surface area contributed by atoms with E-state index in [0.29, 0.717) is 11.6 Å². The summed E-state index contributed by atoms with van der Waals surface area (Å²) >= 11 is 0. The normalized spacial score (nSPS) is 21.7. The van der Waals surface area contributed by atoms with Gasteiger partial charge >= 0.3 is 0 Å². The third-order valence-corrected chi connectivity index (χ3v) is 4.61. The Bertz CT molecular complexity index is 694. The Morgan fingerprint density at radius 1 is 1.18 bits per heavy atom. The van der Waals surface area contributed by atoms with E-state index in [0.717, 1.165) is 22.6 Å². The summed E-state index contributed by atoms with van der Waals surface area (Å²) in [4.78, 5) is 6.65. The van der Waals surface area contributed by atoms with Crippen molar-refractivity contribution in [3.05, 3.63) is 36.0 Å². The number of benzene rings is 1. The van der Waals surface area contributed by atoms with E-state index in [1.165, 1.54) is 25.7 Å². The average molecular weight is 294 g/mol. The van der Waals surface area contributed by atoms with Crippen LogP contribution in [0.2, 0.25) is 0 Å². The molecule has 3 rings (SSSR count). The summed E-state index contributed by atoms with van der Waals surface area (Å²) in [5, 5.41) is 13.6. The second-order valence-electron chi connectivity index (χ2n) is 6.36. The van der Waals surface area contributed by atoms with Crippen LogP contribution in [0.15, 0.2) is 30.5 Å². The molecule has 1 aliphatic rings. The van der Waals surface area contributed by atoms with E-state index in [1.807, 2.05) is 12.1 Å². The Balaban J connectivity index is 1.71. The monoisotopic (exact) mass is 294 g/mol. The zero-order valence-corrected chi connectivity index (χ0v) is 13.2. The van der Waals surface area contributed by atoms with Crippen LogP contribution in [0.3, 0.4) is 0 Å². The lowest BCUT2D eigenvalue weighted by atomic mass is 9.90. The van der Waals surface area contributed by atoms with Crippen molar-refractivity contribution < 1.29 is 0 Å². The zero-order valence-electron chi connectivity index (χ0n) is 13.2. The van der Waals surface area contributed by atoms with Gasteiger partial charge in [-0.25, -0.2) is 0 Å². The maximum Gasteiger partial charge on any atom is 0.101 e. The van der Waals surface area contributed by atoms with Crippen LogP contribution in [-0.2, 0) is 0 Å². The fraction of sp³-hybridized carbons (Fsp3) is 0.444. The second kappa shape index (κ2) is 6.33. The van der Waals surface area contributed by atoms with Crippen molar-refractivity contribution in [1.82, 2.24) is 9.88 Å². The second-order valence-corrected chi connectivity index (χ2v) is 6.36. The van der Waals surface area contributed by atoms with Gasteiger partial charge in [-0.2, -0.15) is 5.26 Å². The fourth-order valence-electron chi connectivity index (χ4n) is 3.25. The van der Waals surface area contributed by atoms with Crippen LogP contribution in [0.1, 0.15) is 31.2 Å². The zero-order chi connectivity index (χ0) is 15.5. The van der Waals surface area contributed by atoms with E-state index in [2.05, 4.69) is 47.5 Å². The van der Waals surface area contributed by atoms with Gasteiger partial charge in [0.25, 0.3) is 0 Å². The third kappa shape index (κ3) is 3.20. The number of pyridine rings is 1. The quantitative estimate of drug-likeness (QED) is 0.942. The number of hydrogen-bond donors (Lipinski definition) is 1. The largest absolute Gasteiger partial charge is 0.382 e. The van der Waals surface area contributed by atoms with Crippen LogP contribution in [-0.4, -0.2) is 36.1 Å². The highest BCUT2D eigenvalue weighted by atomic mass is 15.1. The molecular weight excluding hydrogens is 272 g/mol. The first-order valence-electron chi connectivity index (χ1n) is 7.88. The van der Waals surface area contributed by atoms with Gasteiger partial charge in [-0.15, -0.1) is 0 Å². The molecule has 1 aliphatic carbocycles. The lowest BCUT2D eigenvalue weighted by Gasteiger charge is -2.33.